The number of alkyl halides is 6. The Morgan fingerprint density at radius 2 is 1.10 bits per heavy atom. The highest BCUT2D eigenvalue weighted by molar-refractivity contribution is 6.09. The molecule has 0 aromatic heterocycles. The van der Waals surface area contributed by atoms with Crippen molar-refractivity contribution in [1.29, 1.82) is 0 Å². The molecular formula is C10H4F6O4. The highest BCUT2D eigenvalue weighted by Crippen LogP contribution is 2.35. The summed E-state index contributed by atoms with van der Waals surface area (Å²) in [5.41, 5.74) is -3.30. The Morgan fingerprint density at radius 1 is 0.800 bits per heavy atom. The number of halogens is 6. The van der Waals surface area contributed by atoms with Gasteiger partial charge in [-0.15, -0.1) is 0 Å². The molecule has 10 heteroatoms. The average Bonchev–Trinajstić information content (AvgIpc) is 2.27. The van der Waals surface area contributed by atoms with Gasteiger partial charge in [0.25, 0.3) is 11.6 Å². The largest absolute Gasteiger partial charge is 0.508 e. The fourth-order valence-electron chi connectivity index (χ4n) is 1.27. The molecule has 0 saturated heterocycles. The molecule has 0 saturated carbocycles. The first kappa shape index (κ1) is 15.8. The number of phenolic OH excluding ortho intramolecular Hbond substituents is 2. The number of hydrogen-bond acceptors (Lipinski definition) is 4. The van der Waals surface area contributed by atoms with E-state index in [-0.39, 0.29) is 12.1 Å². The highest BCUT2D eigenvalue weighted by atomic mass is 19.4. The standard InChI is InChI=1S/C10H4F6O4/c11-9(12,13)7(19)4-1-3(17)2-5(6(4)18)8(20)10(14,15)16/h1-2,17-18H. The average molecular weight is 302 g/mol. The zero-order valence-corrected chi connectivity index (χ0v) is 9.13. The number of aromatic hydroxyl groups is 2. The van der Waals surface area contributed by atoms with Gasteiger partial charge in [-0.25, -0.2) is 0 Å². The van der Waals surface area contributed by atoms with Crippen molar-refractivity contribution in [1.82, 2.24) is 0 Å². The molecule has 0 aliphatic heterocycles. The molecule has 0 bridgehead atoms. The Bertz CT molecular complexity index is 525. The van der Waals surface area contributed by atoms with Crippen molar-refractivity contribution in [2.24, 2.45) is 0 Å². The zero-order chi connectivity index (χ0) is 15.9. The third kappa shape index (κ3) is 3.00. The maximum absolute atomic E-state index is 12.2. The van der Waals surface area contributed by atoms with Crippen LogP contribution in [0.4, 0.5) is 26.3 Å². The molecule has 0 radical (unpaired) electrons. The van der Waals surface area contributed by atoms with E-state index < -0.39 is 46.5 Å². The lowest BCUT2D eigenvalue weighted by atomic mass is 10.0. The maximum atomic E-state index is 12.2. The molecule has 0 fully saturated rings. The van der Waals surface area contributed by atoms with Gasteiger partial charge >= 0.3 is 12.4 Å². The minimum absolute atomic E-state index is 0.109. The Kier molecular flexibility index (Phi) is 3.70. The SMILES string of the molecule is O=C(c1cc(O)cc(C(=O)C(F)(F)F)c1O)C(F)(F)F. The first-order valence-electron chi connectivity index (χ1n) is 4.64. The molecule has 1 rings (SSSR count). The number of rotatable bonds is 2. The van der Waals surface area contributed by atoms with Crippen LogP contribution in [0.2, 0.25) is 0 Å². The van der Waals surface area contributed by atoms with Gasteiger partial charge in [0.2, 0.25) is 0 Å². The number of benzene rings is 1. The van der Waals surface area contributed by atoms with Gasteiger partial charge in [-0.3, -0.25) is 9.59 Å². The number of carbonyl (C=O) groups is 2. The molecule has 0 heterocycles. The van der Waals surface area contributed by atoms with Crippen LogP contribution >= 0.6 is 0 Å². The van der Waals surface area contributed by atoms with E-state index in [1.807, 2.05) is 0 Å². The predicted octanol–water partition coefficient (Wildman–Crippen LogP) is 2.59. The molecule has 0 aliphatic rings. The molecule has 0 amide bonds. The molecule has 20 heavy (non-hydrogen) atoms. The van der Waals surface area contributed by atoms with E-state index in [1.165, 1.54) is 0 Å². The van der Waals surface area contributed by atoms with E-state index in [0.29, 0.717) is 0 Å². The van der Waals surface area contributed by atoms with Gasteiger partial charge in [0.05, 0.1) is 11.1 Å². The molecule has 110 valence electrons. The van der Waals surface area contributed by atoms with Gasteiger partial charge in [0.1, 0.15) is 11.5 Å². The second-order valence-corrected chi connectivity index (χ2v) is 3.54. The van der Waals surface area contributed by atoms with Crippen LogP contribution in [0.25, 0.3) is 0 Å². The summed E-state index contributed by atoms with van der Waals surface area (Å²) in [5.74, 6) is -8.39. The van der Waals surface area contributed by atoms with E-state index >= 15 is 0 Å². The summed E-state index contributed by atoms with van der Waals surface area (Å²) < 4.78 is 73.0. The summed E-state index contributed by atoms with van der Waals surface area (Å²) >= 11 is 0. The van der Waals surface area contributed by atoms with Crippen molar-refractivity contribution in [2.45, 2.75) is 12.4 Å². The van der Waals surface area contributed by atoms with E-state index in [2.05, 4.69) is 0 Å². The molecule has 2 N–H and O–H groups in total. The molecule has 0 spiro atoms. The van der Waals surface area contributed by atoms with Crippen molar-refractivity contribution in [3.05, 3.63) is 23.3 Å². The van der Waals surface area contributed by atoms with Crippen LogP contribution in [0, 0.1) is 0 Å². The minimum atomic E-state index is -5.50. The number of hydrogen-bond donors (Lipinski definition) is 2. The third-order valence-electron chi connectivity index (χ3n) is 2.10. The molecule has 0 unspecified atom stereocenters. The Balaban J connectivity index is 3.50. The zero-order valence-electron chi connectivity index (χ0n) is 9.13. The van der Waals surface area contributed by atoms with Gasteiger partial charge in [-0.05, 0) is 12.1 Å². The lowest BCUT2D eigenvalue weighted by Crippen LogP contribution is -2.25. The molecule has 1 aromatic carbocycles. The number of phenols is 2. The second kappa shape index (κ2) is 4.69. The molecule has 1 aromatic rings. The normalized spacial score (nSPS) is 12.3. The topological polar surface area (TPSA) is 74.6 Å². The van der Waals surface area contributed by atoms with Crippen molar-refractivity contribution < 1.29 is 46.1 Å². The fourth-order valence-corrected chi connectivity index (χ4v) is 1.27. The lowest BCUT2D eigenvalue weighted by molar-refractivity contribution is -0.0890. The van der Waals surface area contributed by atoms with Gasteiger partial charge < -0.3 is 10.2 Å². The van der Waals surface area contributed by atoms with E-state index in [9.17, 15) is 41.0 Å². The third-order valence-corrected chi connectivity index (χ3v) is 2.10. The maximum Gasteiger partial charge on any atom is 0.455 e. The summed E-state index contributed by atoms with van der Waals surface area (Å²) in [4.78, 5) is 21.8. The van der Waals surface area contributed by atoms with Gasteiger partial charge in [-0.2, -0.15) is 26.3 Å². The van der Waals surface area contributed by atoms with Crippen molar-refractivity contribution in [2.75, 3.05) is 0 Å². The molecule has 0 atom stereocenters. The van der Waals surface area contributed by atoms with E-state index in [4.69, 9.17) is 5.11 Å². The van der Waals surface area contributed by atoms with E-state index in [0.717, 1.165) is 0 Å². The molecule has 0 aliphatic carbocycles. The number of carbonyl (C=O) groups excluding carboxylic acids is 2. The van der Waals surface area contributed by atoms with Crippen LogP contribution in [-0.2, 0) is 0 Å². The van der Waals surface area contributed by atoms with Crippen LogP contribution in [0.5, 0.6) is 11.5 Å². The van der Waals surface area contributed by atoms with E-state index in [1.54, 1.807) is 0 Å². The van der Waals surface area contributed by atoms with Gasteiger partial charge in [0, 0.05) is 0 Å². The molecule has 4 nitrogen and oxygen atoms in total. The van der Waals surface area contributed by atoms with Crippen molar-refractivity contribution in [3.8, 4) is 11.5 Å². The smallest absolute Gasteiger partial charge is 0.455 e. The minimum Gasteiger partial charge on any atom is -0.508 e. The van der Waals surface area contributed by atoms with Crippen LogP contribution in [-0.4, -0.2) is 34.1 Å². The van der Waals surface area contributed by atoms with Gasteiger partial charge in [-0.1, -0.05) is 0 Å². The Labute approximate surface area is 106 Å². The summed E-state index contributed by atoms with van der Waals surface area (Å²) in [6, 6.07) is 0.219. The Morgan fingerprint density at radius 3 is 1.35 bits per heavy atom. The van der Waals surface area contributed by atoms with Crippen LogP contribution in [0.1, 0.15) is 20.7 Å². The summed E-state index contributed by atoms with van der Waals surface area (Å²) in [6.07, 6.45) is -11.0. The fraction of sp³-hybridized carbons (Fsp3) is 0.200. The summed E-state index contributed by atoms with van der Waals surface area (Å²) in [5, 5.41) is 18.2. The highest BCUT2D eigenvalue weighted by Gasteiger charge is 2.45. The predicted molar refractivity (Wildman–Crippen MR) is 50.5 cm³/mol. The van der Waals surface area contributed by atoms with Crippen LogP contribution in [0.15, 0.2) is 12.1 Å². The number of ketones is 2. The van der Waals surface area contributed by atoms with Crippen LogP contribution < -0.4 is 0 Å². The Hall–Kier alpha value is -2.26. The second-order valence-electron chi connectivity index (χ2n) is 3.54. The first-order chi connectivity index (χ1) is 8.85. The first-order valence-corrected chi connectivity index (χ1v) is 4.64. The van der Waals surface area contributed by atoms with Gasteiger partial charge in [0.15, 0.2) is 0 Å². The quantitative estimate of drug-likeness (QED) is 0.500. The summed E-state index contributed by atoms with van der Waals surface area (Å²) in [7, 11) is 0. The van der Waals surface area contributed by atoms with Crippen molar-refractivity contribution >= 4 is 11.6 Å². The van der Waals surface area contributed by atoms with Crippen molar-refractivity contribution in [3.63, 3.8) is 0 Å². The monoisotopic (exact) mass is 302 g/mol. The number of Topliss-reactive ketones (excluding diaryl/α,β-unsaturated/α-hetero) is 2. The lowest BCUT2D eigenvalue weighted by Gasteiger charge is -2.12. The van der Waals surface area contributed by atoms with Crippen LogP contribution in [0.3, 0.4) is 0 Å². The molecular weight excluding hydrogens is 298 g/mol. The summed E-state index contributed by atoms with van der Waals surface area (Å²) in [6.45, 7) is 0.